The summed E-state index contributed by atoms with van der Waals surface area (Å²) in [5.41, 5.74) is 0.493. The molecular formula is C13H9F5N4. The number of benzene rings is 1. The van der Waals surface area contributed by atoms with E-state index in [-0.39, 0.29) is 5.69 Å². The van der Waals surface area contributed by atoms with Crippen molar-refractivity contribution in [3.63, 3.8) is 0 Å². The second-order valence-electron chi connectivity index (χ2n) is 4.75. The molecule has 0 aliphatic carbocycles. The van der Waals surface area contributed by atoms with Gasteiger partial charge < -0.3 is 0 Å². The van der Waals surface area contributed by atoms with Crippen LogP contribution in [0, 0.1) is 6.92 Å². The zero-order chi connectivity index (χ0) is 16.1. The third-order valence-corrected chi connectivity index (χ3v) is 3.21. The molecule has 0 fully saturated rings. The second-order valence-corrected chi connectivity index (χ2v) is 4.75. The minimum Gasteiger partial charge on any atom is -0.296 e. The van der Waals surface area contributed by atoms with Crippen LogP contribution >= 0.6 is 0 Å². The molecule has 0 spiro atoms. The average molecular weight is 316 g/mol. The lowest BCUT2D eigenvalue weighted by atomic mass is 10.1. The first-order chi connectivity index (χ1) is 10.3. The first kappa shape index (κ1) is 14.5. The van der Waals surface area contributed by atoms with E-state index in [9.17, 15) is 22.0 Å². The number of nitrogens with zero attached hydrogens (tertiary/aromatic N) is 3. The van der Waals surface area contributed by atoms with Gasteiger partial charge in [0.05, 0.1) is 11.7 Å². The highest BCUT2D eigenvalue weighted by molar-refractivity contribution is 5.83. The van der Waals surface area contributed by atoms with Gasteiger partial charge in [-0.2, -0.15) is 18.3 Å². The fraction of sp³-hybridized carbons (Fsp3) is 0.231. The first-order valence-electron chi connectivity index (χ1n) is 6.16. The number of hydrogen-bond donors (Lipinski definition) is 1. The van der Waals surface area contributed by atoms with Crippen molar-refractivity contribution in [1.82, 2.24) is 19.7 Å². The van der Waals surface area contributed by atoms with Crippen LogP contribution in [0.3, 0.4) is 0 Å². The third-order valence-electron chi connectivity index (χ3n) is 3.21. The highest BCUT2D eigenvalue weighted by atomic mass is 19.4. The van der Waals surface area contributed by atoms with Gasteiger partial charge in [0.15, 0.2) is 0 Å². The lowest BCUT2D eigenvalue weighted by molar-refractivity contribution is -0.146. The summed E-state index contributed by atoms with van der Waals surface area (Å²) in [6, 6.07) is 2.88. The van der Waals surface area contributed by atoms with E-state index >= 15 is 0 Å². The topological polar surface area (TPSA) is 46.5 Å². The number of hydrogen-bond acceptors (Lipinski definition) is 2. The summed E-state index contributed by atoms with van der Waals surface area (Å²) < 4.78 is 65.1. The Bertz CT molecular complexity index is 831. The molecule has 3 rings (SSSR count). The number of aromatic amines is 1. The molecule has 0 aliphatic heterocycles. The number of aromatic nitrogens is 4. The molecule has 0 aliphatic rings. The van der Waals surface area contributed by atoms with E-state index in [0.717, 1.165) is 0 Å². The van der Waals surface area contributed by atoms with Crippen molar-refractivity contribution in [3.05, 3.63) is 41.6 Å². The molecule has 1 aromatic carbocycles. The molecule has 0 saturated heterocycles. The Hall–Kier alpha value is -2.45. The molecule has 116 valence electrons. The van der Waals surface area contributed by atoms with Crippen LogP contribution in [-0.2, 0) is 6.18 Å². The molecule has 2 heterocycles. The number of nitrogens with one attached hydrogen (secondary N) is 1. The van der Waals surface area contributed by atoms with Crippen molar-refractivity contribution in [2.75, 3.05) is 0 Å². The van der Waals surface area contributed by atoms with E-state index in [2.05, 4.69) is 15.2 Å². The van der Waals surface area contributed by atoms with Crippen molar-refractivity contribution >= 4 is 10.9 Å². The normalized spacial score (nSPS) is 12.5. The lowest BCUT2D eigenvalue weighted by Crippen LogP contribution is -2.13. The van der Waals surface area contributed by atoms with Crippen LogP contribution in [0.1, 0.15) is 23.5 Å². The monoisotopic (exact) mass is 316 g/mol. The SMILES string of the molecule is Cc1cc(-n2cc(C(F)F)nc2C(F)(F)F)cc2cn[nH]c12. The summed E-state index contributed by atoms with van der Waals surface area (Å²) in [4.78, 5) is 3.02. The van der Waals surface area contributed by atoms with Gasteiger partial charge in [-0.05, 0) is 24.6 Å². The number of aryl methyl sites for hydroxylation is 1. The van der Waals surface area contributed by atoms with Crippen molar-refractivity contribution in [2.24, 2.45) is 0 Å². The Kier molecular flexibility index (Phi) is 3.15. The molecule has 22 heavy (non-hydrogen) atoms. The molecule has 0 bridgehead atoms. The van der Waals surface area contributed by atoms with Crippen molar-refractivity contribution in [2.45, 2.75) is 19.5 Å². The van der Waals surface area contributed by atoms with Gasteiger partial charge in [0.1, 0.15) is 5.69 Å². The molecule has 0 amide bonds. The number of alkyl halides is 5. The van der Waals surface area contributed by atoms with Crippen LogP contribution in [0.15, 0.2) is 24.5 Å². The fourth-order valence-corrected chi connectivity index (χ4v) is 2.26. The van der Waals surface area contributed by atoms with E-state index < -0.39 is 24.1 Å². The van der Waals surface area contributed by atoms with Crippen LogP contribution < -0.4 is 0 Å². The molecule has 1 N–H and O–H groups in total. The maximum Gasteiger partial charge on any atom is 0.450 e. The van der Waals surface area contributed by atoms with Gasteiger partial charge in [-0.1, -0.05) is 0 Å². The maximum absolute atomic E-state index is 13.0. The van der Waals surface area contributed by atoms with Gasteiger partial charge in [0.2, 0.25) is 5.82 Å². The van der Waals surface area contributed by atoms with Crippen LogP contribution in [0.4, 0.5) is 22.0 Å². The molecular weight excluding hydrogens is 307 g/mol. The zero-order valence-corrected chi connectivity index (χ0v) is 11.1. The van der Waals surface area contributed by atoms with Gasteiger partial charge in [-0.15, -0.1) is 0 Å². The van der Waals surface area contributed by atoms with Crippen molar-refractivity contribution in [3.8, 4) is 5.69 Å². The van der Waals surface area contributed by atoms with Crippen LogP contribution in [-0.4, -0.2) is 19.7 Å². The second kappa shape index (κ2) is 4.79. The Morgan fingerprint density at radius 3 is 2.59 bits per heavy atom. The quantitative estimate of drug-likeness (QED) is 0.726. The first-order valence-corrected chi connectivity index (χ1v) is 6.16. The summed E-state index contributed by atoms with van der Waals surface area (Å²) in [6.07, 6.45) is -5.77. The number of rotatable bonds is 2. The van der Waals surface area contributed by atoms with E-state index in [1.807, 2.05) is 0 Å². The Morgan fingerprint density at radius 1 is 1.23 bits per heavy atom. The number of halogens is 5. The maximum atomic E-state index is 13.0. The van der Waals surface area contributed by atoms with Gasteiger partial charge in [0, 0.05) is 17.3 Å². The Labute approximate surface area is 120 Å². The fourth-order valence-electron chi connectivity index (χ4n) is 2.26. The average Bonchev–Trinajstić information content (AvgIpc) is 3.04. The van der Waals surface area contributed by atoms with Gasteiger partial charge in [-0.25, -0.2) is 13.8 Å². The molecule has 3 aromatic rings. The van der Waals surface area contributed by atoms with Gasteiger partial charge >= 0.3 is 6.18 Å². The molecule has 2 aromatic heterocycles. The van der Waals surface area contributed by atoms with Crippen LogP contribution in [0.5, 0.6) is 0 Å². The predicted molar refractivity (Wildman–Crippen MR) is 67.9 cm³/mol. The largest absolute Gasteiger partial charge is 0.450 e. The summed E-state index contributed by atoms with van der Waals surface area (Å²) in [7, 11) is 0. The third kappa shape index (κ3) is 2.32. The lowest BCUT2D eigenvalue weighted by Gasteiger charge is -2.11. The highest BCUT2D eigenvalue weighted by Crippen LogP contribution is 2.33. The minimum atomic E-state index is -4.84. The number of imidazole rings is 1. The minimum absolute atomic E-state index is 0.0955. The molecule has 0 unspecified atom stereocenters. The molecule has 4 nitrogen and oxygen atoms in total. The summed E-state index contributed by atoms with van der Waals surface area (Å²) in [6.45, 7) is 1.68. The van der Waals surface area contributed by atoms with Crippen molar-refractivity contribution in [1.29, 1.82) is 0 Å². The van der Waals surface area contributed by atoms with Gasteiger partial charge in [0.25, 0.3) is 6.43 Å². The summed E-state index contributed by atoms with van der Waals surface area (Å²) in [5.74, 6) is -1.38. The smallest absolute Gasteiger partial charge is 0.296 e. The van der Waals surface area contributed by atoms with E-state index in [4.69, 9.17) is 0 Å². The van der Waals surface area contributed by atoms with Gasteiger partial charge in [-0.3, -0.25) is 9.67 Å². The predicted octanol–water partition coefficient (Wildman–Crippen LogP) is 4.01. The zero-order valence-electron chi connectivity index (χ0n) is 11.1. The molecule has 0 saturated carbocycles. The van der Waals surface area contributed by atoms with E-state index in [1.165, 1.54) is 18.3 Å². The summed E-state index contributed by atoms with van der Waals surface area (Å²) >= 11 is 0. The number of H-pyrrole nitrogens is 1. The van der Waals surface area contributed by atoms with E-state index in [0.29, 0.717) is 27.2 Å². The molecule has 9 heteroatoms. The number of fused-ring (bicyclic) bond motifs is 1. The van der Waals surface area contributed by atoms with E-state index in [1.54, 1.807) is 6.92 Å². The molecule has 0 radical (unpaired) electrons. The van der Waals surface area contributed by atoms with Crippen LogP contribution in [0.2, 0.25) is 0 Å². The van der Waals surface area contributed by atoms with Crippen LogP contribution in [0.25, 0.3) is 16.6 Å². The Balaban J connectivity index is 2.24. The Morgan fingerprint density at radius 2 is 1.95 bits per heavy atom. The molecule has 0 atom stereocenters. The van der Waals surface area contributed by atoms with Crippen molar-refractivity contribution < 1.29 is 22.0 Å². The summed E-state index contributed by atoms with van der Waals surface area (Å²) in [5, 5.41) is 7.11. The highest BCUT2D eigenvalue weighted by Gasteiger charge is 2.38. The standard InChI is InChI=1S/C13H9F5N4/c1-6-2-8(3-7-4-19-21-10(6)7)22-5-9(11(14)15)20-12(22)13(16,17)18/h2-5,11H,1H3,(H,19,21).